The third kappa shape index (κ3) is 4.43. The number of aliphatic hydroxyl groups excluding tert-OH is 1. The number of carbonyl (C=O) groups is 2. The number of benzene rings is 1. The van der Waals surface area contributed by atoms with Crippen LogP contribution >= 0.6 is 0 Å². The molecule has 3 N–H and O–H groups in total. The van der Waals surface area contributed by atoms with Crippen LogP contribution in [0.1, 0.15) is 23.8 Å². The van der Waals surface area contributed by atoms with Crippen LogP contribution in [0.3, 0.4) is 0 Å². The van der Waals surface area contributed by atoms with Crippen LogP contribution in [0.4, 0.5) is 5.69 Å². The molecule has 1 aromatic carbocycles. The molecule has 1 unspecified atom stereocenters. The van der Waals surface area contributed by atoms with E-state index in [1.165, 1.54) is 18.4 Å². The predicted molar refractivity (Wildman–Crippen MR) is 81.1 cm³/mol. The standard InChI is InChI=1S/C16H15N3O4/c17-10-11-4-1-2-5-12(11)19-16(22)15(21)18-8-7-13(20)14-6-3-9-23-14/h1-6,9,13,20H,7-8H2,(H,18,21)(H,19,22). The minimum Gasteiger partial charge on any atom is -0.467 e. The molecule has 0 aliphatic heterocycles. The normalized spacial score (nSPS) is 11.3. The van der Waals surface area contributed by atoms with Crippen molar-refractivity contribution in [2.24, 2.45) is 0 Å². The van der Waals surface area contributed by atoms with Gasteiger partial charge in [0.05, 0.1) is 17.5 Å². The van der Waals surface area contributed by atoms with E-state index in [0.717, 1.165) is 0 Å². The third-order valence-electron chi connectivity index (χ3n) is 3.08. The Kier molecular flexibility index (Phi) is 5.50. The second kappa shape index (κ2) is 7.77. The zero-order valence-electron chi connectivity index (χ0n) is 12.2. The monoisotopic (exact) mass is 313 g/mol. The largest absolute Gasteiger partial charge is 0.467 e. The van der Waals surface area contributed by atoms with Gasteiger partial charge in [0.25, 0.3) is 0 Å². The molecule has 23 heavy (non-hydrogen) atoms. The van der Waals surface area contributed by atoms with Gasteiger partial charge in [0.1, 0.15) is 17.9 Å². The molecule has 1 heterocycles. The van der Waals surface area contributed by atoms with E-state index in [4.69, 9.17) is 9.68 Å². The van der Waals surface area contributed by atoms with Crippen molar-refractivity contribution in [2.75, 3.05) is 11.9 Å². The Bertz CT molecular complexity index is 719. The van der Waals surface area contributed by atoms with E-state index in [1.807, 2.05) is 6.07 Å². The molecule has 0 fully saturated rings. The number of nitrogens with zero attached hydrogens (tertiary/aromatic N) is 1. The Morgan fingerprint density at radius 3 is 2.70 bits per heavy atom. The van der Waals surface area contributed by atoms with E-state index in [0.29, 0.717) is 5.76 Å². The van der Waals surface area contributed by atoms with Crippen molar-refractivity contribution in [3.63, 3.8) is 0 Å². The van der Waals surface area contributed by atoms with E-state index in [2.05, 4.69) is 10.6 Å². The van der Waals surface area contributed by atoms with Gasteiger partial charge in [-0.15, -0.1) is 0 Å². The van der Waals surface area contributed by atoms with Crippen molar-refractivity contribution in [1.82, 2.24) is 5.32 Å². The van der Waals surface area contributed by atoms with E-state index < -0.39 is 17.9 Å². The highest BCUT2D eigenvalue weighted by atomic mass is 16.4. The number of anilines is 1. The van der Waals surface area contributed by atoms with Crippen LogP contribution in [0.5, 0.6) is 0 Å². The molecule has 0 aliphatic carbocycles. The lowest BCUT2D eigenvalue weighted by atomic mass is 10.2. The molecule has 0 saturated carbocycles. The van der Waals surface area contributed by atoms with Gasteiger partial charge in [-0.1, -0.05) is 12.1 Å². The van der Waals surface area contributed by atoms with Gasteiger partial charge in [-0.25, -0.2) is 0 Å². The lowest BCUT2D eigenvalue weighted by molar-refractivity contribution is -0.136. The summed E-state index contributed by atoms with van der Waals surface area (Å²) >= 11 is 0. The van der Waals surface area contributed by atoms with Crippen LogP contribution in [0.15, 0.2) is 47.1 Å². The van der Waals surface area contributed by atoms with Crippen LogP contribution in [0, 0.1) is 11.3 Å². The van der Waals surface area contributed by atoms with E-state index >= 15 is 0 Å². The zero-order valence-corrected chi connectivity index (χ0v) is 12.2. The zero-order chi connectivity index (χ0) is 16.7. The van der Waals surface area contributed by atoms with Crippen molar-refractivity contribution in [2.45, 2.75) is 12.5 Å². The van der Waals surface area contributed by atoms with Crippen LogP contribution in [0.2, 0.25) is 0 Å². The molecule has 118 valence electrons. The molecule has 0 spiro atoms. The highest BCUT2D eigenvalue weighted by molar-refractivity contribution is 6.39. The molecule has 7 nitrogen and oxygen atoms in total. The van der Waals surface area contributed by atoms with Crippen LogP contribution in [0.25, 0.3) is 0 Å². The first-order valence-electron chi connectivity index (χ1n) is 6.91. The smallest absolute Gasteiger partial charge is 0.313 e. The average Bonchev–Trinajstić information content (AvgIpc) is 3.09. The lowest BCUT2D eigenvalue weighted by Crippen LogP contribution is -2.36. The molecule has 1 atom stereocenters. The Hall–Kier alpha value is -3.11. The molecule has 2 amide bonds. The summed E-state index contributed by atoms with van der Waals surface area (Å²) in [6, 6.07) is 11.6. The van der Waals surface area contributed by atoms with Gasteiger partial charge < -0.3 is 20.2 Å². The van der Waals surface area contributed by atoms with E-state index in [9.17, 15) is 14.7 Å². The summed E-state index contributed by atoms with van der Waals surface area (Å²) in [6.07, 6.45) is 0.797. The Balaban J connectivity index is 1.81. The van der Waals surface area contributed by atoms with Crippen LogP contribution < -0.4 is 10.6 Å². The van der Waals surface area contributed by atoms with Crippen LogP contribution in [-0.4, -0.2) is 23.5 Å². The second-order valence-electron chi connectivity index (χ2n) is 4.69. The maximum atomic E-state index is 11.8. The maximum absolute atomic E-state index is 11.8. The molecule has 1 aromatic heterocycles. The number of furan rings is 1. The number of carbonyl (C=O) groups excluding carboxylic acids is 2. The summed E-state index contributed by atoms with van der Waals surface area (Å²) in [5.74, 6) is -1.32. The van der Waals surface area contributed by atoms with Gasteiger partial charge in [0, 0.05) is 6.54 Å². The fourth-order valence-corrected chi connectivity index (χ4v) is 1.89. The number of hydrogen-bond donors (Lipinski definition) is 3. The average molecular weight is 313 g/mol. The Morgan fingerprint density at radius 2 is 2.00 bits per heavy atom. The fraction of sp³-hybridized carbons (Fsp3) is 0.188. The highest BCUT2D eigenvalue weighted by Gasteiger charge is 2.16. The summed E-state index contributed by atoms with van der Waals surface area (Å²) in [4.78, 5) is 23.5. The van der Waals surface area contributed by atoms with Gasteiger partial charge in [0.2, 0.25) is 0 Å². The highest BCUT2D eigenvalue weighted by Crippen LogP contribution is 2.16. The molecule has 2 rings (SSSR count). The summed E-state index contributed by atoms with van der Waals surface area (Å²) < 4.78 is 5.03. The first kappa shape index (κ1) is 16.3. The summed E-state index contributed by atoms with van der Waals surface area (Å²) in [6.45, 7) is 0.105. The predicted octanol–water partition coefficient (Wildman–Crippen LogP) is 1.33. The fourth-order valence-electron chi connectivity index (χ4n) is 1.89. The van der Waals surface area contributed by atoms with Gasteiger partial charge in [0.15, 0.2) is 0 Å². The lowest BCUT2D eigenvalue weighted by Gasteiger charge is -2.09. The van der Waals surface area contributed by atoms with Crippen molar-refractivity contribution in [3.05, 3.63) is 54.0 Å². The number of hydrogen-bond acceptors (Lipinski definition) is 5. The van der Waals surface area contributed by atoms with Crippen molar-refractivity contribution < 1.29 is 19.1 Å². The second-order valence-corrected chi connectivity index (χ2v) is 4.69. The van der Waals surface area contributed by atoms with Crippen molar-refractivity contribution >= 4 is 17.5 Å². The van der Waals surface area contributed by atoms with Gasteiger partial charge in [-0.2, -0.15) is 5.26 Å². The molecular weight excluding hydrogens is 298 g/mol. The number of nitrogens with one attached hydrogen (secondary N) is 2. The molecule has 0 aliphatic rings. The number of rotatable bonds is 5. The minimum absolute atomic E-state index is 0.105. The Morgan fingerprint density at radius 1 is 1.22 bits per heavy atom. The number of amides is 2. The first-order chi connectivity index (χ1) is 11.1. The van der Waals surface area contributed by atoms with Gasteiger partial charge >= 0.3 is 11.8 Å². The van der Waals surface area contributed by atoms with E-state index in [1.54, 1.807) is 24.3 Å². The number of para-hydroxylation sites is 1. The Labute approximate surface area is 132 Å². The molecule has 7 heteroatoms. The van der Waals surface area contributed by atoms with Crippen LogP contribution in [-0.2, 0) is 9.59 Å². The minimum atomic E-state index is -0.875. The number of aliphatic hydroxyl groups is 1. The third-order valence-corrected chi connectivity index (χ3v) is 3.08. The SMILES string of the molecule is N#Cc1ccccc1NC(=O)C(=O)NCCC(O)c1ccco1. The quantitative estimate of drug-likeness (QED) is 0.720. The van der Waals surface area contributed by atoms with Gasteiger partial charge in [-0.3, -0.25) is 9.59 Å². The van der Waals surface area contributed by atoms with Crippen molar-refractivity contribution in [3.8, 4) is 6.07 Å². The van der Waals surface area contributed by atoms with Crippen molar-refractivity contribution in [1.29, 1.82) is 5.26 Å². The summed E-state index contributed by atoms with van der Waals surface area (Å²) in [7, 11) is 0. The topological polar surface area (TPSA) is 115 Å². The van der Waals surface area contributed by atoms with Gasteiger partial charge in [-0.05, 0) is 30.7 Å². The summed E-state index contributed by atoms with van der Waals surface area (Å²) in [5.41, 5.74) is 0.535. The molecule has 2 aromatic rings. The molecule has 0 radical (unpaired) electrons. The molecule has 0 saturated heterocycles. The molecule has 0 bridgehead atoms. The first-order valence-corrected chi connectivity index (χ1v) is 6.91. The summed E-state index contributed by atoms with van der Waals surface area (Å²) in [5, 5.41) is 23.5. The number of nitriles is 1. The maximum Gasteiger partial charge on any atom is 0.313 e. The molecular formula is C16H15N3O4. The van der Waals surface area contributed by atoms with E-state index in [-0.39, 0.29) is 24.2 Å².